The first-order valence-corrected chi connectivity index (χ1v) is 6.84. The molecular formula is C12H8BrNOS2. The van der Waals surface area contributed by atoms with Crippen molar-refractivity contribution in [2.75, 3.05) is 0 Å². The Morgan fingerprint density at radius 3 is 2.65 bits per heavy atom. The molecule has 0 atom stereocenters. The highest BCUT2D eigenvalue weighted by Gasteiger charge is 2.21. The number of halogens is 1. The SMILES string of the molecule is O=C1NC(=S)SC1=CC(Br)=Cc1ccccc1. The van der Waals surface area contributed by atoms with E-state index in [2.05, 4.69) is 21.2 Å². The molecule has 0 radical (unpaired) electrons. The average Bonchev–Trinajstić information content (AvgIpc) is 2.58. The molecule has 0 spiro atoms. The molecule has 17 heavy (non-hydrogen) atoms. The molecule has 2 nitrogen and oxygen atoms in total. The minimum absolute atomic E-state index is 0.140. The zero-order chi connectivity index (χ0) is 12.3. The summed E-state index contributed by atoms with van der Waals surface area (Å²) < 4.78 is 1.34. The van der Waals surface area contributed by atoms with Gasteiger partial charge in [0.1, 0.15) is 4.32 Å². The van der Waals surface area contributed by atoms with E-state index in [-0.39, 0.29) is 5.91 Å². The zero-order valence-electron chi connectivity index (χ0n) is 8.64. The maximum Gasteiger partial charge on any atom is 0.263 e. The summed E-state index contributed by atoms with van der Waals surface area (Å²) in [4.78, 5) is 12.0. The van der Waals surface area contributed by atoms with Crippen LogP contribution in [-0.4, -0.2) is 10.2 Å². The number of thiocarbonyl (C=S) groups is 1. The third-order valence-corrected chi connectivity index (χ3v) is 3.64. The second-order valence-corrected chi connectivity index (χ2v) is 5.93. The third kappa shape index (κ3) is 3.52. The van der Waals surface area contributed by atoms with Gasteiger partial charge < -0.3 is 5.32 Å². The topological polar surface area (TPSA) is 29.1 Å². The molecule has 1 aromatic carbocycles. The third-order valence-electron chi connectivity index (χ3n) is 2.02. The van der Waals surface area contributed by atoms with Crippen molar-refractivity contribution in [3.63, 3.8) is 0 Å². The molecule has 1 aliphatic heterocycles. The zero-order valence-corrected chi connectivity index (χ0v) is 11.9. The minimum atomic E-state index is -0.140. The second-order valence-electron chi connectivity index (χ2n) is 3.29. The molecule has 1 aromatic rings. The lowest BCUT2D eigenvalue weighted by atomic mass is 10.2. The highest BCUT2D eigenvalue weighted by atomic mass is 79.9. The summed E-state index contributed by atoms with van der Waals surface area (Å²) in [5.74, 6) is -0.140. The van der Waals surface area contributed by atoms with Gasteiger partial charge in [-0.1, -0.05) is 70.2 Å². The Bertz CT molecular complexity index is 523. The first-order chi connectivity index (χ1) is 8.15. The summed E-state index contributed by atoms with van der Waals surface area (Å²) in [6.45, 7) is 0. The molecule has 0 unspecified atom stereocenters. The van der Waals surface area contributed by atoms with Gasteiger partial charge in [-0.15, -0.1) is 0 Å². The highest BCUT2D eigenvalue weighted by Crippen LogP contribution is 2.26. The van der Waals surface area contributed by atoms with E-state index in [1.54, 1.807) is 6.08 Å². The standard InChI is InChI=1S/C12H8BrNOS2/c13-9(6-8-4-2-1-3-5-8)7-10-11(15)14-12(16)17-10/h1-7H,(H,14,15,16). The molecule has 0 aliphatic carbocycles. The Balaban J connectivity index is 2.19. The number of benzene rings is 1. The van der Waals surface area contributed by atoms with Crippen LogP contribution in [0.15, 0.2) is 45.8 Å². The van der Waals surface area contributed by atoms with E-state index in [9.17, 15) is 4.79 Å². The molecule has 0 aromatic heterocycles. The largest absolute Gasteiger partial charge is 0.307 e. The van der Waals surface area contributed by atoms with Crippen LogP contribution >= 0.6 is 39.9 Å². The molecule has 1 fully saturated rings. The number of allylic oxidation sites excluding steroid dienone is 2. The summed E-state index contributed by atoms with van der Waals surface area (Å²) in [6.07, 6.45) is 3.72. The van der Waals surface area contributed by atoms with Gasteiger partial charge in [-0.3, -0.25) is 4.79 Å². The maximum atomic E-state index is 11.4. The number of carbonyl (C=O) groups excluding carboxylic acids is 1. The van der Waals surface area contributed by atoms with E-state index >= 15 is 0 Å². The van der Waals surface area contributed by atoms with E-state index < -0.39 is 0 Å². The molecule has 1 saturated heterocycles. The molecule has 1 N–H and O–H groups in total. The number of rotatable bonds is 2. The molecule has 0 saturated carbocycles. The van der Waals surface area contributed by atoms with Crippen LogP contribution in [0.4, 0.5) is 0 Å². The molecule has 1 aliphatic rings. The van der Waals surface area contributed by atoms with Crippen molar-refractivity contribution in [1.82, 2.24) is 5.32 Å². The normalized spacial score (nSPS) is 18.6. The number of thioether (sulfide) groups is 1. The average molecular weight is 326 g/mol. The fourth-order valence-corrected chi connectivity index (χ4v) is 2.98. The molecular weight excluding hydrogens is 318 g/mol. The number of hydrogen-bond donors (Lipinski definition) is 1. The van der Waals surface area contributed by atoms with Crippen molar-refractivity contribution >= 4 is 56.2 Å². The Morgan fingerprint density at radius 1 is 1.35 bits per heavy atom. The quantitative estimate of drug-likeness (QED) is 0.667. The fraction of sp³-hybridized carbons (Fsp3) is 0. The van der Waals surface area contributed by atoms with Gasteiger partial charge in [-0.05, 0) is 17.7 Å². The summed E-state index contributed by atoms with van der Waals surface area (Å²) in [5.41, 5.74) is 1.07. The Hall–Kier alpha value is -0.910. The van der Waals surface area contributed by atoms with Gasteiger partial charge in [0.25, 0.3) is 5.91 Å². The first kappa shape index (κ1) is 12.5. The number of nitrogens with one attached hydrogen (secondary N) is 1. The van der Waals surface area contributed by atoms with E-state index in [1.165, 1.54) is 11.8 Å². The van der Waals surface area contributed by atoms with Crippen molar-refractivity contribution in [3.05, 3.63) is 51.4 Å². The molecule has 2 rings (SSSR count). The summed E-state index contributed by atoms with van der Waals surface area (Å²) in [5, 5.41) is 2.58. The maximum absolute atomic E-state index is 11.4. The van der Waals surface area contributed by atoms with Crippen LogP contribution in [0.3, 0.4) is 0 Å². The van der Waals surface area contributed by atoms with Crippen LogP contribution in [0, 0.1) is 0 Å². The van der Waals surface area contributed by atoms with Crippen molar-refractivity contribution in [2.24, 2.45) is 0 Å². The van der Waals surface area contributed by atoms with E-state index in [4.69, 9.17) is 12.2 Å². The van der Waals surface area contributed by atoms with Gasteiger partial charge >= 0.3 is 0 Å². The lowest BCUT2D eigenvalue weighted by Crippen LogP contribution is -2.17. The number of hydrogen-bond acceptors (Lipinski definition) is 3. The van der Waals surface area contributed by atoms with Crippen molar-refractivity contribution in [2.45, 2.75) is 0 Å². The Labute approximate surface area is 117 Å². The molecule has 5 heteroatoms. The minimum Gasteiger partial charge on any atom is -0.307 e. The predicted molar refractivity (Wildman–Crippen MR) is 79.8 cm³/mol. The van der Waals surface area contributed by atoms with Crippen molar-refractivity contribution in [1.29, 1.82) is 0 Å². The van der Waals surface area contributed by atoms with Gasteiger partial charge in [-0.2, -0.15) is 0 Å². The van der Waals surface area contributed by atoms with Crippen LogP contribution < -0.4 is 5.32 Å². The Morgan fingerprint density at radius 2 is 2.06 bits per heavy atom. The van der Waals surface area contributed by atoms with Crippen molar-refractivity contribution < 1.29 is 4.79 Å². The van der Waals surface area contributed by atoms with E-state index in [0.717, 1.165) is 10.0 Å². The monoisotopic (exact) mass is 325 g/mol. The van der Waals surface area contributed by atoms with Crippen LogP contribution in [0.5, 0.6) is 0 Å². The van der Waals surface area contributed by atoms with Crippen LogP contribution in [0.25, 0.3) is 6.08 Å². The van der Waals surface area contributed by atoms with E-state index in [1.807, 2.05) is 36.4 Å². The molecule has 1 heterocycles. The summed E-state index contributed by atoms with van der Waals surface area (Å²) in [6, 6.07) is 9.87. The van der Waals surface area contributed by atoms with Gasteiger partial charge in [0.2, 0.25) is 0 Å². The van der Waals surface area contributed by atoms with E-state index in [0.29, 0.717) is 9.23 Å². The molecule has 0 bridgehead atoms. The predicted octanol–water partition coefficient (Wildman–Crippen LogP) is 3.45. The van der Waals surface area contributed by atoms with Gasteiger partial charge in [0, 0.05) is 4.48 Å². The van der Waals surface area contributed by atoms with Crippen LogP contribution in [-0.2, 0) is 4.79 Å². The smallest absolute Gasteiger partial charge is 0.263 e. The lowest BCUT2D eigenvalue weighted by Gasteiger charge is -1.94. The number of amides is 1. The van der Waals surface area contributed by atoms with Gasteiger partial charge in [-0.25, -0.2) is 0 Å². The summed E-state index contributed by atoms with van der Waals surface area (Å²) in [7, 11) is 0. The van der Waals surface area contributed by atoms with Gasteiger partial charge in [0.05, 0.1) is 4.91 Å². The lowest BCUT2D eigenvalue weighted by molar-refractivity contribution is -0.115. The molecule has 86 valence electrons. The van der Waals surface area contributed by atoms with Crippen LogP contribution in [0.1, 0.15) is 5.56 Å². The summed E-state index contributed by atoms with van der Waals surface area (Å²) >= 11 is 9.60. The van der Waals surface area contributed by atoms with Gasteiger partial charge in [0.15, 0.2) is 0 Å². The highest BCUT2D eigenvalue weighted by molar-refractivity contribution is 9.12. The van der Waals surface area contributed by atoms with Crippen LogP contribution in [0.2, 0.25) is 0 Å². The first-order valence-electron chi connectivity index (χ1n) is 4.82. The molecule has 1 amide bonds. The fourth-order valence-electron chi connectivity index (χ4n) is 1.30. The second kappa shape index (κ2) is 5.62. The number of carbonyl (C=O) groups is 1. The Kier molecular flexibility index (Phi) is 4.15. The van der Waals surface area contributed by atoms with Crippen molar-refractivity contribution in [3.8, 4) is 0 Å².